The zero-order valence-electron chi connectivity index (χ0n) is 55.8. The fourth-order valence-corrected chi connectivity index (χ4v) is 12.0. The average Bonchev–Trinajstić information content (AvgIpc) is 3.48. The quantitative estimate of drug-likeness (QED) is 0.0320. The second-order valence-electron chi connectivity index (χ2n) is 26.0. The second kappa shape index (κ2) is 71.8. The first-order chi connectivity index (χ1) is 40.5. The van der Waals surface area contributed by atoms with Crippen molar-refractivity contribution in [1.29, 1.82) is 0 Å². The van der Waals surface area contributed by atoms with E-state index in [2.05, 4.69) is 31.3 Å². The van der Waals surface area contributed by atoms with Crippen LogP contribution in [0.5, 0.6) is 0 Å². The van der Waals surface area contributed by atoms with E-state index in [1.165, 1.54) is 353 Å². The summed E-state index contributed by atoms with van der Waals surface area (Å²) >= 11 is 0. The Labute approximate surface area is 513 Å². The van der Waals surface area contributed by atoms with E-state index in [1.54, 1.807) is 6.08 Å². The Balaban J connectivity index is 3.38. The number of amides is 1. The predicted molar refractivity (Wildman–Crippen MR) is 361 cm³/mol. The zero-order valence-corrected chi connectivity index (χ0v) is 55.8. The molecule has 0 rings (SSSR count). The number of carbonyl (C=O) groups excluding carboxylic acids is 2. The Hall–Kier alpha value is -1.66. The molecule has 0 aliphatic rings. The van der Waals surface area contributed by atoms with E-state index in [0.717, 1.165) is 44.9 Å². The van der Waals surface area contributed by atoms with Gasteiger partial charge in [-0.1, -0.05) is 378 Å². The number of aliphatic hydroxyl groups excluding tert-OH is 2. The summed E-state index contributed by atoms with van der Waals surface area (Å²) in [4.78, 5) is 24.7. The number of ether oxygens (including phenoxy) is 1. The Morgan fingerprint density at radius 1 is 0.329 bits per heavy atom. The summed E-state index contributed by atoms with van der Waals surface area (Å²) in [6, 6.07) is -0.629. The first-order valence-corrected chi connectivity index (χ1v) is 37.6. The molecule has 0 fully saturated rings. The number of carbonyl (C=O) groups is 2. The number of rotatable bonds is 71. The van der Waals surface area contributed by atoms with E-state index in [-0.39, 0.29) is 18.5 Å². The first-order valence-electron chi connectivity index (χ1n) is 37.6. The van der Waals surface area contributed by atoms with Crippen LogP contribution in [0.1, 0.15) is 425 Å². The number of nitrogens with one attached hydrogen (secondary N) is 1. The van der Waals surface area contributed by atoms with Gasteiger partial charge in [-0.3, -0.25) is 9.59 Å². The lowest BCUT2D eigenvalue weighted by Crippen LogP contribution is -2.45. The Kier molecular flexibility index (Phi) is 70.4. The van der Waals surface area contributed by atoms with Crippen molar-refractivity contribution >= 4 is 11.9 Å². The van der Waals surface area contributed by atoms with Crippen LogP contribution < -0.4 is 5.32 Å². The smallest absolute Gasteiger partial charge is 0.305 e. The lowest BCUT2D eigenvalue weighted by Gasteiger charge is -2.20. The molecular formula is C76H147NO5. The molecule has 0 saturated carbocycles. The van der Waals surface area contributed by atoms with Gasteiger partial charge in [0, 0.05) is 12.8 Å². The van der Waals surface area contributed by atoms with Crippen molar-refractivity contribution in [3.05, 3.63) is 24.3 Å². The van der Waals surface area contributed by atoms with Gasteiger partial charge in [0.1, 0.15) is 0 Å². The molecule has 3 N–H and O–H groups in total. The Morgan fingerprint density at radius 2 is 0.573 bits per heavy atom. The molecule has 1 amide bonds. The molecule has 0 aromatic heterocycles. The molecule has 0 aliphatic heterocycles. The van der Waals surface area contributed by atoms with Gasteiger partial charge in [0.05, 0.1) is 25.4 Å². The molecule has 0 aromatic rings. The van der Waals surface area contributed by atoms with Crippen molar-refractivity contribution < 1.29 is 24.5 Å². The van der Waals surface area contributed by atoms with Crippen molar-refractivity contribution in [2.45, 2.75) is 437 Å². The standard InChI is InChI=1S/C76H147NO5/c1-3-5-7-9-11-13-15-17-19-21-23-24-26-29-33-36-40-44-48-52-56-60-64-68-74(79)73(72-78)77-75(80)69-65-61-57-53-49-45-41-37-34-30-27-25-28-31-35-39-43-47-51-55-59-63-67-71-82-76(81)70-66-62-58-54-50-46-42-38-32-22-20-18-16-14-12-10-8-6-4-2/h18,20,64,68,73-74,78-79H,3-17,19,21-63,65-67,69-72H2,1-2H3,(H,77,80)/b20-18-,68-64+. The van der Waals surface area contributed by atoms with Crippen molar-refractivity contribution in [2.75, 3.05) is 13.2 Å². The van der Waals surface area contributed by atoms with Gasteiger partial charge in [-0.2, -0.15) is 0 Å². The first kappa shape index (κ1) is 80.3. The van der Waals surface area contributed by atoms with Gasteiger partial charge >= 0.3 is 5.97 Å². The normalized spacial score (nSPS) is 12.6. The summed E-state index contributed by atoms with van der Waals surface area (Å²) in [7, 11) is 0. The second-order valence-corrected chi connectivity index (χ2v) is 26.0. The summed E-state index contributed by atoms with van der Waals surface area (Å²) in [5, 5.41) is 23.3. The SMILES string of the molecule is CCCCCCCC/C=C\CCCCCCCCCCCC(=O)OCCCCCCCCCCCCCCCCCCCCCCCCCC(=O)NC(CO)C(O)/C=C/CCCCCCCCCCCCCCCCCCCCCCC. The van der Waals surface area contributed by atoms with Crippen LogP contribution in [-0.2, 0) is 14.3 Å². The average molecular weight is 1160 g/mol. The highest BCUT2D eigenvalue weighted by atomic mass is 16.5. The minimum Gasteiger partial charge on any atom is -0.466 e. The Bertz CT molecular complexity index is 1280. The van der Waals surface area contributed by atoms with Crippen LogP contribution in [0.3, 0.4) is 0 Å². The highest BCUT2D eigenvalue weighted by Gasteiger charge is 2.18. The third-order valence-electron chi connectivity index (χ3n) is 17.7. The molecule has 82 heavy (non-hydrogen) atoms. The van der Waals surface area contributed by atoms with Gasteiger partial charge in [0.25, 0.3) is 0 Å². The number of hydrogen-bond donors (Lipinski definition) is 3. The molecule has 6 nitrogen and oxygen atoms in total. The van der Waals surface area contributed by atoms with Crippen LogP contribution >= 0.6 is 0 Å². The summed E-state index contributed by atoms with van der Waals surface area (Å²) in [6.07, 6.45) is 91.3. The van der Waals surface area contributed by atoms with Crippen LogP contribution in [0, 0.1) is 0 Å². The third-order valence-corrected chi connectivity index (χ3v) is 17.7. The fraction of sp³-hybridized carbons (Fsp3) is 0.921. The maximum absolute atomic E-state index is 12.5. The molecule has 2 unspecified atom stereocenters. The summed E-state index contributed by atoms with van der Waals surface area (Å²) in [5.41, 5.74) is 0. The van der Waals surface area contributed by atoms with Crippen molar-refractivity contribution in [1.82, 2.24) is 5.32 Å². The third kappa shape index (κ3) is 67.5. The lowest BCUT2D eigenvalue weighted by molar-refractivity contribution is -0.143. The molecule has 0 spiro atoms. The summed E-state index contributed by atoms with van der Waals surface area (Å²) in [6.45, 7) is 4.95. The van der Waals surface area contributed by atoms with Gasteiger partial charge in [-0.15, -0.1) is 0 Å². The molecular weight excluding hydrogens is 1010 g/mol. The number of unbranched alkanes of at least 4 members (excludes halogenated alkanes) is 58. The van der Waals surface area contributed by atoms with Crippen LogP contribution in [-0.4, -0.2) is 47.4 Å². The highest BCUT2D eigenvalue weighted by molar-refractivity contribution is 5.76. The molecule has 0 radical (unpaired) electrons. The van der Waals surface area contributed by atoms with E-state index in [1.807, 2.05) is 6.08 Å². The van der Waals surface area contributed by atoms with Crippen LogP contribution in [0.15, 0.2) is 24.3 Å². The van der Waals surface area contributed by atoms with Gasteiger partial charge in [-0.25, -0.2) is 0 Å². The highest BCUT2D eigenvalue weighted by Crippen LogP contribution is 2.19. The monoisotopic (exact) mass is 1150 g/mol. The van der Waals surface area contributed by atoms with Crippen molar-refractivity contribution in [2.24, 2.45) is 0 Å². The maximum atomic E-state index is 12.5. The van der Waals surface area contributed by atoms with Crippen LogP contribution in [0.25, 0.3) is 0 Å². The van der Waals surface area contributed by atoms with E-state index in [9.17, 15) is 19.8 Å². The summed E-state index contributed by atoms with van der Waals surface area (Å²) in [5.74, 6) is -0.0480. The molecule has 486 valence electrons. The fourth-order valence-electron chi connectivity index (χ4n) is 12.0. The number of hydrogen-bond acceptors (Lipinski definition) is 5. The van der Waals surface area contributed by atoms with E-state index in [4.69, 9.17) is 4.74 Å². The van der Waals surface area contributed by atoms with Gasteiger partial charge in [0.15, 0.2) is 0 Å². The topological polar surface area (TPSA) is 95.9 Å². The lowest BCUT2D eigenvalue weighted by atomic mass is 10.0. The van der Waals surface area contributed by atoms with E-state index >= 15 is 0 Å². The molecule has 0 aromatic carbocycles. The van der Waals surface area contributed by atoms with Crippen molar-refractivity contribution in [3.63, 3.8) is 0 Å². The molecule has 0 saturated heterocycles. The molecule has 6 heteroatoms. The Morgan fingerprint density at radius 3 is 0.866 bits per heavy atom. The summed E-state index contributed by atoms with van der Waals surface area (Å²) < 4.78 is 5.51. The van der Waals surface area contributed by atoms with Crippen LogP contribution in [0.2, 0.25) is 0 Å². The molecule has 0 heterocycles. The van der Waals surface area contributed by atoms with Crippen LogP contribution in [0.4, 0.5) is 0 Å². The maximum Gasteiger partial charge on any atom is 0.305 e. The minimum atomic E-state index is -0.845. The predicted octanol–water partition coefficient (Wildman–Crippen LogP) is 24.5. The number of allylic oxidation sites excluding steroid dienone is 3. The minimum absolute atomic E-state index is 0.0146. The van der Waals surface area contributed by atoms with E-state index < -0.39 is 12.1 Å². The van der Waals surface area contributed by atoms with Crippen molar-refractivity contribution in [3.8, 4) is 0 Å². The molecule has 0 bridgehead atoms. The zero-order chi connectivity index (χ0) is 59.2. The van der Waals surface area contributed by atoms with Gasteiger partial charge in [-0.05, 0) is 57.8 Å². The number of aliphatic hydroxyl groups is 2. The molecule has 0 aliphatic carbocycles. The molecule has 2 atom stereocenters. The largest absolute Gasteiger partial charge is 0.466 e. The van der Waals surface area contributed by atoms with E-state index in [0.29, 0.717) is 19.4 Å². The number of esters is 1. The van der Waals surface area contributed by atoms with Gasteiger partial charge < -0.3 is 20.3 Å². The van der Waals surface area contributed by atoms with Gasteiger partial charge in [0.2, 0.25) is 5.91 Å².